The molecule has 0 saturated heterocycles. The quantitative estimate of drug-likeness (QED) is 0.813. The molecule has 2 N–H and O–H groups in total. The number of nitrogens with zero attached hydrogens (tertiary/aromatic N) is 2. The molecule has 0 amide bonds. The van der Waals surface area contributed by atoms with E-state index < -0.39 is 6.10 Å². The Morgan fingerprint density at radius 2 is 1.75 bits per heavy atom. The Morgan fingerprint density at radius 1 is 1.06 bits per heavy atom. The van der Waals surface area contributed by atoms with Crippen LogP contribution in [0.3, 0.4) is 0 Å². The van der Waals surface area contributed by atoms with Crippen LogP contribution in [0.5, 0.6) is 0 Å². The number of hydrogen-bond acceptors (Lipinski definition) is 4. The zero-order valence-corrected chi connectivity index (χ0v) is 8.74. The lowest BCUT2D eigenvalue weighted by Gasteiger charge is -2.11. The number of aromatic nitrogens is 2. The van der Waals surface area contributed by atoms with E-state index in [0.29, 0.717) is 12.5 Å². The van der Waals surface area contributed by atoms with E-state index in [4.69, 9.17) is 0 Å². The minimum atomic E-state index is -0.551. The first-order valence-corrected chi connectivity index (χ1v) is 5.10. The van der Waals surface area contributed by atoms with Crippen LogP contribution >= 0.6 is 0 Å². The van der Waals surface area contributed by atoms with Crippen molar-refractivity contribution >= 4 is 5.95 Å². The van der Waals surface area contributed by atoms with Crippen molar-refractivity contribution < 1.29 is 5.11 Å². The molecule has 1 heterocycles. The maximum Gasteiger partial charge on any atom is 0.222 e. The lowest BCUT2D eigenvalue weighted by Crippen LogP contribution is -2.13. The van der Waals surface area contributed by atoms with Gasteiger partial charge in [0.1, 0.15) is 0 Å². The number of rotatable bonds is 4. The van der Waals surface area contributed by atoms with Crippen molar-refractivity contribution in [1.82, 2.24) is 9.97 Å². The van der Waals surface area contributed by atoms with Gasteiger partial charge in [-0.25, -0.2) is 9.97 Å². The van der Waals surface area contributed by atoms with Gasteiger partial charge in [-0.1, -0.05) is 30.3 Å². The van der Waals surface area contributed by atoms with Gasteiger partial charge in [0.05, 0.1) is 6.10 Å². The molecule has 0 unspecified atom stereocenters. The zero-order chi connectivity index (χ0) is 11.2. The SMILES string of the molecule is O[C@@H](CNc1ncccn1)c1ccccc1. The summed E-state index contributed by atoms with van der Waals surface area (Å²) in [7, 11) is 0. The van der Waals surface area contributed by atoms with E-state index in [0.717, 1.165) is 5.56 Å². The minimum absolute atomic E-state index is 0.397. The third-order valence-electron chi connectivity index (χ3n) is 2.20. The molecule has 0 fully saturated rings. The lowest BCUT2D eigenvalue weighted by atomic mass is 10.1. The average molecular weight is 215 g/mol. The van der Waals surface area contributed by atoms with Crippen LogP contribution in [-0.2, 0) is 0 Å². The van der Waals surface area contributed by atoms with Gasteiger partial charge in [-0.3, -0.25) is 0 Å². The predicted molar refractivity (Wildman–Crippen MR) is 61.9 cm³/mol. The van der Waals surface area contributed by atoms with Crippen LogP contribution in [0, 0.1) is 0 Å². The van der Waals surface area contributed by atoms with Gasteiger partial charge in [0.15, 0.2) is 0 Å². The summed E-state index contributed by atoms with van der Waals surface area (Å²) < 4.78 is 0. The first-order chi connectivity index (χ1) is 7.86. The molecule has 1 aromatic heterocycles. The fraction of sp³-hybridized carbons (Fsp3) is 0.167. The number of nitrogens with one attached hydrogen (secondary N) is 1. The molecule has 0 radical (unpaired) electrons. The molecule has 2 aromatic rings. The highest BCUT2D eigenvalue weighted by atomic mass is 16.3. The Balaban J connectivity index is 1.92. The van der Waals surface area contributed by atoms with Gasteiger partial charge in [0.25, 0.3) is 0 Å². The molecule has 0 spiro atoms. The van der Waals surface area contributed by atoms with E-state index in [1.807, 2.05) is 30.3 Å². The van der Waals surface area contributed by atoms with E-state index in [1.165, 1.54) is 0 Å². The van der Waals surface area contributed by atoms with Crippen LogP contribution in [0.15, 0.2) is 48.8 Å². The molecule has 2 rings (SSSR count). The van der Waals surface area contributed by atoms with Gasteiger partial charge in [0, 0.05) is 18.9 Å². The van der Waals surface area contributed by atoms with Gasteiger partial charge in [0.2, 0.25) is 5.95 Å². The Kier molecular flexibility index (Phi) is 3.46. The monoisotopic (exact) mass is 215 g/mol. The number of benzene rings is 1. The summed E-state index contributed by atoms with van der Waals surface area (Å²) in [6, 6.07) is 11.2. The van der Waals surface area contributed by atoms with E-state index in [9.17, 15) is 5.11 Å². The summed E-state index contributed by atoms with van der Waals surface area (Å²) in [6.45, 7) is 0.397. The van der Waals surface area contributed by atoms with Crippen molar-refractivity contribution in [2.24, 2.45) is 0 Å². The second-order valence-electron chi connectivity index (χ2n) is 3.38. The topological polar surface area (TPSA) is 58.0 Å². The van der Waals surface area contributed by atoms with E-state index in [2.05, 4.69) is 15.3 Å². The van der Waals surface area contributed by atoms with Crippen molar-refractivity contribution in [3.8, 4) is 0 Å². The summed E-state index contributed by atoms with van der Waals surface area (Å²) in [5, 5.41) is 12.8. The molecule has 0 aliphatic rings. The molecule has 0 aliphatic heterocycles. The Bertz CT molecular complexity index is 419. The summed E-state index contributed by atoms with van der Waals surface area (Å²) in [4.78, 5) is 8.02. The maximum absolute atomic E-state index is 9.86. The van der Waals surface area contributed by atoms with Crippen LogP contribution in [-0.4, -0.2) is 21.6 Å². The molecule has 4 heteroatoms. The molecule has 1 aromatic carbocycles. The fourth-order valence-electron chi connectivity index (χ4n) is 1.37. The van der Waals surface area contributed by atoms with Crippen molar-refractivity contribution in [1.29, 1.82) is 0 Å². The van der Waals surface area contributed by atoms with Crippen LogP contribution in [0.2, 0.25) is 0 Å². The number of aliphatic hydroxyl groups excluding tert-OH is 1. The Morgan fingerprint density at radius 3 is 2.44 bits per heavy atom. The first-order valence-electron chi connectivity index (χ1n) is 5.10. The Labute approximate surface area is 94.0 Å². The first kappa shape index (κ1) is 10.6. The maximum atomic E-state index is 9.86. The predicted octanol–water partition coefficient (Wildman–Crippen LogP) is 1.62. The second-order valence-corrected chi connectivity index (χ2v) is 3.38. The summed E-state index contributed by atoms with van der Waals surface area (Å²) >= 11 is 0. The van der Waals surface area contributed by atoms with Crippen molar-refractivity contribution in [3.05, 3.63) is 54.4 Å². The fourth-order valence-corrected chi connectivity index (χ4v) is 1.37. The number of aliphatic hydroxyl groups is 1. The van der Waals surface area contributed by atoms with Crippen LogP contribution in [0.1, 0.15) is 11.7 Å². The van der Waals surface area contributed by atoms with Crippen molar-refractivity contribution in [2.75, 3.05) is 11.9 Å². The zero-order valence-electron chi connectivity index (χ0n) is 8.74. The average Bonchev–Trinajstić information content (AvgIpc) is 2.38. The molecular formula is C12H13N3O. The number of anilines is 1. The van der Waals surface area contributed by atoms with Crippen molar-refractivity contribution in [3.63, 3.8) is 0 Å². The van der Waals surface area contributed by atoms with Gasteiger partial charge in [-0.15, -0.1) is 0 Å². The van der Waals surface area contributed by atoms with Gasteiger partial charge in [-0.05, 0) is 11.6 Å². The molecule has 0 saturated carbocycles. The molecule has 1 atom stereocenters. The summed E-state index contributed by atoms with van der Waals surface area (Å²) in [5.41, 5.74) is 0.880. The van der Waals surface area contributed by atoms with Crippen LogP contribution in [0.25, 0.3) is 0 Å². The summed E-state index contributed by atoms with van der Waals surface area (Å²) in [5.74, 6) is 0.525. The van der Waals surface area contributed by atoms with Crippen LogP contribution < -0.4 is 5.32 Å². The standard InChI is InChI=1S/C12H13N3O/c16-11(10-5-2-1-3-6-10)9-15-12-13-7-4-8-14-12/h1-8,11,16H,9H2,(H,13,14,15)/t11-/m0/s1. The smallest absolute Gasteiger partial charge is 0.222 e. The highest BCUT2D eigenvalue weighted by Gasteiger charge is 2.06. The van der Waals surface area contributed by atoms with E-state index in [1.54, 1.807) is 18.5 Å². The van der Waals surface area contributed by atoms with Crippen LogP contribution in [0.4, 0.5) is 5.95 Å². The highest BCUT2D eigenvalue weighted by molar-refractivity contribution is 5.25. The van der Waals surface area contributed by atoms with E-state index in [-0.39, 0.29) is 0 Å². The van der Waals surface area contributed by atoms with Gasteiger partial charge in [-0.2, -0.15) is 0 Å². The number of hydrogen-bond donors (Lipinski definition) is 2. The molecule has 82 valence electrons. The highest BCUT2D eigenvalue weighted by Crippen LogP contribution is 2.11. The lowest BCUT2D eigenvalue weighted by molar-refractivity contribution is 0.191. The summed E-state index contributed by atoms with van der Waals surface area (Å²) in [6.07, 6.45) is 2.76. The molecule has 0 aliphatic carbocycles. The Hall–Kier alpha value is -1.94. The third kappa shape index (κ3) is 2.77. The normalized spacial score (nSPS) is 12.1. The largest absolute Gasteiger partial charge is 0.387 e. The molecule has 0 bridgehead atoms. The minimum Gasteiger partial charge on any atom is -0.387 e. The third-order valence-corrected chi connectivity index (χ3v) is 2.20. The van der Waals surface area contributed by atoms with Gasteiger partial charge >= 0.3 is 0 Å². The molecule has 4 nitrogen and oxygen atoms in total. The molecule has 16 heavy (non-hydrogen) atoms. The molecular weight excluding hydrogens is 202 g/mol. The second kappa shape index (κ2) is 5.23. The van der Waals surface area contributed by atoms with Gasteiger partial charge < -0.3 is 10.4 Å². The van der Waals surface area contributed by atoms with Crippen molar-refractivity contribution in [2.45, 2.75) is 6.10 Å². The van der Waals surface area contributed by atoms with E-state index >= 15 is 0 Å².